The summed E-state index contributed by atoms with van der Waals surface area (Å²) >= 11 is 7.12. The van der Waals surface area contributed by atoms with Crippen LogP contribution in [0.4, 0.5) is 0 Å². The summed E-state index contributed by atoms with van der Waals surface area (Å²) in [6.45, 7) is 2.71. The number of aromatic nitrogens is 1. The Hall–Kier alpha value is -0.120. The smallest absolute Gasteiger partial charge is 0.183 e. The minimum Gasteiger partial charge on any atom is -0.330 e. The van der Waals surface area contributed by atoms with E-state index in [1.54, 1.807) is 6.20 Å². The molecular formula is C6H9ClN2S. The number of rotatable bonds is 2. The SMILES string of the molecule is CC(CN)c1cnc(Cl)s1. The van der Waals surface area contributed by atoms with E-state index in [9.17, 15) is 0 Å². The molecule has 0 radical (unpaired) electrons. The first-order valence-electron chi connectivity index (χ1n) is 3.05. The Balaban J connectivity index is 2.74. The maximum Gasteiger partial charge on any atom is 0.183 e. The van der Waals surface area contributed by atoms with E-state index in [0.717, 1.165) is 4.88 Å². The first kappa shape index (κ1) is 7.98. The minimum absolute atomic E-state index is 0.380. The lowest BCUT2D eigenvalue weighted by atomic mass is 10.2. The lowest BCUT2D eigenvalue weighted by Crippen LogP contribution is -2.06. The Morgan fingerprint density at radius 3 is 3.00 bits per heavy atom. The van der Waals surface area contributed by atoms with Crippen molar-refractivity contribution < 1.29 is 0 Å². The highest BCUT2D eigenvalue weighted by Crippen LogP contribution is 2.24. The molecule has 0 bridgehead atoms. The van der Waals surface area contributed by atoms with Gasteiger partial charge in [0.2, 0.25) is 0 Å². The molecule has 0 saturated heterocycles. The fraction of sp³-hybridized carbons (Fsp3) is 0.500. The van der Waals surface area contributed by atoms with Crippen LogP contribution in [0.25, 0.3) is 0 Å². The maximum absolute atomic E-state index is 5.63. The molecule has 0 saturated carbocycles. The van der Waals surface area contributed by atoms with Crippen molar-refractivity contribution >= 4 is 22.9 Å². The van der Waals surface area contributed by atoms with Crippen molar-refractivity contribution in [3.8, 4) is 0 Å². The number of hydrogen-bond donors (Lipinski definition) is 1. The summed E-state index contributed by atoms with van der Waals surface area (Å²) < 4.78 is 0.593. The first-order chi connectivity index (χ1) is 4.74. The molecule has 0 fully saturated rings. The summed E-state index contributed by atoms with van der Waals surface area (Å²) in [5, 5.41) is 0. The molecule has 0 aliphatic rings. The fourth-order valence-corrected chi connectivity index (χ4v) is 1.63. The summed E-state index contributed by atoms with van der Waals surface area (Å²) in [5.74, 6) is 0.380. The molecule has 1 atom stereocenters. The largest absolute Gasteiger partial charge is 0.330 e. The van der Waals surface area contributed by atoms with E-state index in [1.807, 2.05) is 0 Å². The van der Waals surface area contributed by atoms with Crippen LogP contribution in [0.2, 0.25) is 4.47 Å². The predicted octanol–water partition coefficient (Wildman–Crippen LogP) is 1.86. The predicted molar refractivity (Wildman–Crippen MR) is 44.6 cm³/mol. The lowest BCUT2D eigenvalue weighted by molar-refractivity contribution is 0.787. The van der Waals surface area contributed by atoms with E-state index in [4.69, 9.17) is 17.3 Å². The number of nitrogens with two attached hydrogens (primary N) is 1. The molecule has 10 heavy (non-hydrogen) atoms. The molecular weight excluding hydrogens is 168 g/mol. The zero-order valence-corrected chi connectivity index (χ0v) is 7.25. The molecule has 0 spiro atoms. The molecule has 1 aromatic heterocycles. The molecule has 4 heteroatoms. The number of thiazole rings is 1. The Labute approximate surface area is 69.0 Å². The Morgan fingerprint density at radius 1 is 1.90 bits per heavy atom. The number of halogens is 1. The van der Waals surface area contributed by atoms with Crippen LogP contribution in [-0.4, -0.2) is 11.5 Å². The Bertz CT molecular complexity index is 211. The van der Waals surface area contributed by atoms with Crippen molar-refractivity contribution in [2.24, 2.45) is 5.73 Å². The fourth-order valence-electron chi connectivity index (χ4n) is 0.608. The first-order valence-corrected chi connectivity index (χ1v) is 4.24. The van der Waals surface area contributed by atoms with E-state index in [0.29, 0.717) is 16.9 Å². The summed E-state index contributed by atoms with van der Waals surface area (Å²) in [7, 11) is 0. The van der Waals surface area contributed by atoms with Gasteiger partial charge in [-0.25, -0.2) is 4.98 Å². The highest BCUT2D eigenvalue weighted by Gasteiger charge is 2.05. The quantitative estimate of drug-likeness (QED) is 0.747. The van der Waals surface area contributed by atoms with E-state index in [1.165, 1.54) is 11.3 Å². The van der Waals surface area contributed by atoms with E-state index in [2.05, 4.69) is 11.9 Å². The third-order valence-electron chi connectivity index (χ3n) is 1.33. The number of nitrogens with zero attached hydrogens (tertiary/aromatic N) is 1. The van der Waals surface area contributed by atoms with Crippen molar-refractivity contribution in [1.82, 2.24) is 4.98 Å². The summed E-state index contributed by atoms with van der Waals surface area (Å²) in [6, 6.07) is 0. The van der Waals surface area contributed by atoms with Crippen molar-refractivity contribution in [2.75, 3.05) is 6.54 Å². The van der Waals surface area contributed by atoms with Crippen LogP contribution < -0.4 is 5.73 Å². The van der Waals surface area contributed by atoms with Gasteiger partial charge in [-0.15, -0.1) is 11.3 Å². The van der Waals surface area contributed by atoms with Crippen LogP contribution in [0.5, 0.6) is 0 Å². The topological polar surface area (TPSA) is 38.9 Å². The summed E-state index contributed by atoms with van der Waals surface area (Å²) in [6.07, 6.45) is 1.78. The van der Waals surface area contributed by atoms with Crippen LogP contribution >= 0.6 is 22.9 Å². The molecule has 1 heterocycles. The Kier molecular flexibility index (Phi) is 2.65. The van der Waals surface area contributed by atoms with Crippen LogP contribution in [0.15, 0.2) is 6.20 Å². The van der Waals surface area contributed by atoms with Gasteiger partial charge in [0, 0.05) is 17.0 Å². The summed E-state index contributed by atoms with van der Waals surface area (Å²) in [5.41, 5.74) is 5.45. The minimum atomic E-state index is 0.380. The third kappa shape index (κ3) is 1.68. The van der Waals surface area contributed by atoms with Gasteiger partial charge in [-0.05, 0) is 6.54 Å². The second-order valence-electron chi connectivity index (χ2n) is 2.15. The van der Waals surface area contributed by atoms with Crippen molar-refractivity contribution in [2.45, 2.75) is 12.8 Å². The molecule has 2 nitrogen and oxygen atoms in total. The zero-order valence-electron chi connectivity index (χ0n) is 5.67. The second-order valence-corrected chi connectivity index (χ2v) is 3.80. The monoisotopic (exact) mass is 176 g/mol. The normalized spacial score (nSPS) is 13.5. The molecule has 1 aromatic rings. The van der Waals surface area contributed by atoms with Gasteiger partial charge in [0.05, 0.1) is 0 Å². The number of hydrogen-bond acceptors (Lipinski definition) is 3. The second kappa shape index (κ2) is 3.32. The highest BCUT2D eigenvalue weighted by atomic mass is 35.5. The average molecular weight is 177 g/mol. The van der Waals surface area contributed by atoms with Gasteiger partial charge in [-0.2, -0.15) is 0 Å². The average Bonchev–Trinajstić information content (AvgIpc) is 2.34. The molecule has 0 aliphatic heterocycles. The van der Waals surface area contributed by atoms with E-state index < -0.39 is 0 Å². The van der Waals surface area contributed by atoms with Gasteiger partial charge < -0.3 is 5.73 Å². The Morgan fingerprint density at radius 2 is 2.60 bits per heavy atom. The van der Waals surface area contributed by atoms with Gasteiger partial charge in [0.1, 0.15) is 0 Å². The van der Waals surface area contributed by atoms with E-state index in [-0.39, 0.29) is 0 Å². The molecule has 0 aliphatic carbocycles. The molecule has 0 aromatic carbocycles. The van der Waals surface area contributed by atoms with Gasteiger partial charge in [0.15, 0.2) is 4.47 Å². The van der Waals surface area contributed by atoms with Gasteiger partial charge >= 0.3 is 0 Å². The van der Waals surface area contributed by atoms with E-state index >= 15 is 0 Å². The van der Waals surface area contributed by atoms with Crippen LogP contribution in [0.1, 0.15) is 17.7 Å². The molecule has 56 valence electrons. The van der Waals surface area contributed by atoms with Crippen molar-refractivity contribution in [3.63, 3.8) is 0 Å². The molecule has 2 N–H and O–H groups in total. The van der Waals surface area contributed by atoms with Crippen LogP contribution in [0.3, 0.4) is 0 Å². The van der Waals surface area contributed by atoms with Crippen LogP contribution in [-0.2, 0) is 0 Å². The van der Waals surface area contributed by atoms with Gasteiger partial charge in [-0.3, -0.25) is 0 Å². The van der Waals surface area contributed by atoms with Crippen LogP contribution in [0, 0.1) is 0 Å². The van der Waals surface area contributed by atoms with Gasteiger partial charge in [0.25, 0.3) is 0 Å². The molecule has 0 amide bonds. The standard InChI is InChI=1S/C6H9ClN2S/c1-4(2-8)5-3-9-6(7)10-5/h3-4H,2,8H2,1H3. The van der Waals surface area contributed by atoms with Crippen molar-refractivity contribution in [1.29, 1.82) is 0 Å². The zero-order chi connectivity index (χ0) is 7.56. The summed E-state index contributed by atoms with van der Waals surface area (Å²) in [4.78, 5) is 5.07. The highest BCUT2D eigenvalue weighted by molar-refractivity contribution is 7.15. The van der Waals surface area contributed by atoms with Crippen molar-refractivity contribution in [3.05, 3.63) is 15.5 Å². The molecule has 1 unspecified atom stereocenters. The lowest BCUT2D eigenvalue weighted by Gasteiger charge is -2.01. The molecule has 1 rings (SSSR count). The maximum atomic E-state index is 5.63. The third-order valence-corrected chi connectivity index (χ3v) is 2.68. The van der Waals surface area contributed by atoms with Gasteiger partial charge in [-0.1, -0.05) is 18.5 Å².